The quantitative estimate of drug-likeness (QED) is 0.870. The molecule has 1 aliphatic heterocycles. The number of piperidine rings is 1. The van der Waals surface area contributed by atoms with Crippen LogP contribution in [0.3, 0.4) is 0 Å². The molecule has 0 saturated carbocycles. The van der Waals surface area contributed by atoms with Gasteiger partial charge in [-0.2, -0.15) is 0 Å². The molecule has 1 atom stereocenters. The highest BCUT2D eigenvalue weighted by atomic mass is 16.4. The maximum atomic E-state index is 11.3. The van der Waals surface area contributed by atoms with Crippen LogP contribution in [0.4, 0.5) is 0 Å². The summed E-state index contributed by atoms with van der Waals surface area (Å²) in [5.41, 5.74) is 0.776. The maximum absolute atomic E-state index is 11.3. The van der Waals surface area contributed by atoms with E-state index < -0.39 is 11.4 Å². The summed E-state index contributed by atoms with van der Waals surface area (Å²) in [5, 5.41) is 19.1. The normalized spacial score (nSPS) is 24.3. The average Bonchev–Trinajstić information content (AvgIpc) is 2.34. The fourth-order valence-electron chi connectivity index (χ4n) is 2.59. The lowest BCUT2D eigenvalue weighted by atomic mass is 9.82. The first-order valence-electron chi connectivity index (χ1n) is 6.52. The Kier molecular flexibility index (Phi) is 3.75. The van der Waals surface area contributed by atoms with E-state index in [9.17, 15) is 15.0 Å². The molecule has 104 valence electrons. The zero-order valence-corrected chi connectivity index (χ0v) is 11.4. The van der Waals surface area contributed by atoms with Crippen LogP contribution in [0.2, 0.25) is 0 Å². The first-order valence-corrected chi connectivity index (χ1v) is 6.52. The molecule has 2 rings (SSSR count). The molecule has 0 bridgehead atoms. The summed E-state index contributed by atoms with van der Waals surface area (Å²) in [4.78, 5) is 17.7. The SMILES string of the molecule is Cc1ccc(O)c(CN2CCCC(C)(C(=O)O)C2)n1. The van der Waals surface area contributed by atoms with E-state index in [-0.39, 0.29) is 5.75 Å². The Balaban J connectivity index is 2.11. The molecule has 0 aromatic carbocycles. The standard InChI is InChI=1S/C14H20N2O3/c1-10-4-5-12(17)11(15-10)8-16-7-3-6-14(2,9-16)13(18)19/h4-5,17H,3,6-9H2,1-2H3,(H,18,19). The fraction of sp³-hybridized carbons (Fsp3) is 0.571. The number of aromatic nitrogens is 1. The molecule has 5 nitrogen and oxygen atoms in total. The molecule has 1 saturated heterocycles. The van der Waals surface area contributed by atoms with Crippen molar-refractivity contribution in [2.45, 2.75) is 33.2 Å². The number of likely N-dealkylation sites (tertiary alicyclic amines) is 1. The van der Waals surface area contributed by atoms with Crippen LogP contribution in [0.15, 0.2) is 12.1 Å². The number of aromatic hydroxyl groups is 1. The van der Waals surface area contributed by atoms with E-state index in [1.54, 1.807) is 19.1 Å². The molecule has 1 unspecified atom stereocenters. The smallest absolute Gasteiger partial charge is 0.310 e. The van der Waals surface area contributed by atoms with Gasteiger partial charge in [0.1, 0.15) is 5.75 Å². The molecule has 2 heterocycles. The second kappa shape index (κ2) is 5.17. The molecule has 1 aromatic heterocycles. The largest absolute Gasteiger partial charge is 0.506 e. The molecule has 0 spiro atoms. The highest BCUT2D eigenvalue weighted by Gasteiger charge is 2.37. The zero-order chi connectivity index (χ0) is 14.0. The number of carboxylic acid groups (broad SMARTS) is 1. The van der Waals surface area contributed by atoms with Crippen molar-refractivity contribution in [1.29, 1.82) is 0 Å². The van der Waals surface area contributed by atoms with Gasteiger partial charge in [0.05, 0.1) is 11.1 Å². The van der Waals surface area contributed by atoms with Gasteiger partial charge in [-0.15, -0.1) is 0 Å². The van der Waals surface area contributed by atoms with E-state index in [0.29, 0.717) is 25.2 Å². The minimum atomic E-state index is -0.751. The lowest BCUT2D eigenvalue weighted by molar-refractivity contribution is -0.151. The van der Waals surface area contributed by atoms with Crippen molar-refractivity contribution in [2.24, 2.45) is 5.41 Å². The minimum Gasteiger partial charge on any atom is -0.506 e. The molecular formula is C14H20N2O3. The molecule has 1 aliphatic rings. The van der Waals surface area contributed by atoms with Crippen LogP contribution in [-0.4, -0.2) is 39.2 Å². The Hall–Kier alpha value is -1.62. The lowest BCUT2D eigenvalue weighted by Crippen LogP contribution is -2.45. The predicted molar refractivity (Wildman–Crippen MR) is 70.9 cm³/mol. The van der Waals surface area contributed by atoms with E-state index in [1.165, 1.54) is 0 Å². The van der Waals surface area contributed by atoms with Gasteiger partial charge in [-0.3, -0.25) is 14.7 Å². The van der Waals surface area contributed by atoms with Crippen molar-refractivity contribution in [3.8, 4) is 5.75 Å². The molecular weight excluding hydrogens is 244 g/mol. The van der Waals surface area contributed by atoms with Gasteiger partial charge in [-0.05, 0) is 45.4 Å². The van der Waals surface area contributed by atoms with Crippen LogP contribution in [0, 0.1) is 12.3 Å². The lowest BCUT2D eigenvalue weighted by Gasteiger charge is -2.37. The van der Waals surface area contributed by atoms with Crippen LogP contribution in [0.25, 0.3) is 0 Å². The van der Waals surface area contributed by atoms with Gasteiger partial charge in [0, 0.05) is 18.8 Å². The Bertz CT molecular complexity index is 490. The van der Waals surface area contributed by atoms with Crippen molar-refractivity contribution in [3.05, 3.63) is 23.5 Å². The monoisotopic (exact) mass is 264 g/mol. The van der Waals surface area contributed by atoms with Crippen molar-refractivity contribution in [1.82, 2.24) is 9.88 Å². The van der Waals surface area contributed by atoms with Gasteiger partial charge in [-0.25, -0.2) is 0 Å². The van der Waals surface area contributed by atoms with Gasteiger partial charge < -0.3 is 10.2 Å². The third kappa shape index (κ3) is 3.04. The zero-order valence-electron chi connectivity index (χ0n) is 11.4. The van der Waals surface area contributed by atoms with Crippen LogP contribution in [0.5, 0.6) is 5.75 Å². The summed E-state index contributed by atoms with van der Waals surface area (Å²) in [6.07, 6.45) is 1.56. The van der Waals surface area contributed by atoms with Crippen LogP contribution < -0.4 is 0 Å². The molecule has 5 heteroatoms. The van der Waals surface area contributed by atoms with E-state index in [0.717, 1.165) is 18.7 Å². The van der Waals surface area contributed by atoms with E-state index in [2.05, 4.69) is 9.88 Å². The van der Waals surface area contributed by atoms with Crippen molar-refractivity contribution in [2.75, 3.05) is 13.1 Å². The second-order valence-electron chi connectivity index (χ2n) is 5.60. The van der Waals surface area contributed by atoms with E-state index in [1.807, 2.05) is 6.92 Å². The number of hydrogen-bond donors (Lipinski definition) is 2. The summed E-state index contributed by atoms with van der Waals surface area (Å²) in [6, 6.07) is 3.40. The number of hydrogen-bond acceptors (Lipinski definition) is 4. The predicted octanol–water partition coefficient (Wildman–Crippen LogP) is 1.78. The summed E-state index contributed by atoms with van der Waals surface area (Å²) < 4.78 is 0. The Labute approximate surface area is 112 Å². The Morgan fingerprint density at radius 3 is 2.95 bits per heavy atom. The Morgan fingerprint density at radius 2 is 2.26 bits per heavy atom. The summed E-state index contributed by atoms with van der Waals surface area (Å²) >= 11 is 0. The number of nitrogens with zero attached hydrogens (tertiary/aromatic N) is 2. The molecule has 2 N–H and O–H groups in total. The molecule has 0 amide bonds. The minimum absolute atomic E-state index is 0.174. The Morgan fingerprint density at radius 1 is 1.53 bits per heavy atom. The van der Waals surface area contributed by atoms with Gasteiger partial charge in [-0.1, -0.05) is 0 Å². The number of rotatable bonds is 3. The fourth-order valence-corrected chi connectivity index (χ4v) is 2.59. The molecule has 1 aromatic rings. The van der Waals surface area contributed by atoms with Gasteiger partial charge in [0.15, 0.2) is 0 Å². The molecule has 0 radical (unpaired) electrons. The van der Waals surface area contributed by atoms with Crippen molar-refractivity contribution < 1.29 is 15.0 Å². The van der Waals surface area contributed by atoms with Crippen molar-refractivity contribution >= 4 is 5.97 Å². The van der Waals surface area contributed by atoms with Crippen LogP contribution in [-0.2, 0) is 11.3 Å². The maximum Gasteiger partial charge on any atom is 0.310 e. The molecule has 19 heavy (non-hydrogen) atoms. The third-order valence-corrected chi connectivity index (χ3v) is 3.75. The van der Waals surface area contributed by atoms with Gasteiger partial charge in [0.2, 0.25) is 0 Å². The van der Waals surface area contributed by atoms with E-state index in [4.69, 9.17) is 0 Å². The molecule has 1 fully saturated rings. The third-order valence-electron chi connectivity index (χ3n) is 3.75. The topological polar surface area (TPSA) is 73.7 Å². The average molecular weight is 264 g/mol. The summed E-state index contributed by atoms with van der Waals surface area (Å²) in [5.74, 6) is -0.577. The van der Waals surface area contributed by atoms with Crippen LogP contribution >= 0.6 is 0 Å². The first kappa shape index (κ1) is 13.8. The number of pyridine rings is 1. The number of carboxylic acids is 1. The first-order chi connectivity index (χ1) is 8.90. The molecule has 0 aliphatic carbocycles. The number of aliphatic carboxylic acids is 1. The van der Waals surface area contributed by atoms with E-state index >= 15 is 0 Å². The van der Waals surface area contributed by atoms with Gasteiger partial charge in [0.25, 0.3) is 0 Å². The van der Waals surface area contributed by atoms with Crippen molar-refractivity contribution in [3.63, 3.8) is 0 Å². The highest BCUT2D eigenvalue weighted by Crippen LogP contribution is 2.31. The van der Waals surface area contributed by atoms with Crippen LogP contribution in [0.1, 0.15) is 31.2 Å². The summed E-state index contributed by atoms with van der Waals surface area (Å²) in [7, 11) is 0. The summed E-state index contributed by atoms with van der Waals surface area (Å²) in [6.45, 7) is 5.50. The number of aryl methyl sites for hydroxylation is 1. The second-order valence-corrected chi connectivity index (χ2v) is 5.60. The van der Waals surface area contributed by atoms with Gasteiger partial charge >= 0.3 is 5.97 Å². The number of carbonyl (C=O) groups is 1. The highest BCUT2D eigenvalue weighted by molar-refractivity contribution is 5.74.